The number of nitrogens with zero attached hydrogens (tertiary/aromatic N) is 1. The Morgan fingerprint density at radius 2 is 1.88 bits per heavy atom. The number of carbonyl (C=O) groups excluding carboxylic acids is 1. The zero-order chi connectivity index (χ0) is 18.1. The van der Waals surface area contributed by atoms with Gasteiger partial charge in [0, 0.05) is 16.3 Å². The minimum Gasteiger partial charge on any atom is -0.462 e. The maximum Gasteiger partial charge on any atom is 0.338 e. The summed E-state index contributed by atoms with van der Waals surface area (Å²) in [6.07, 6.45) is 0. The van der Waals surface area contributed by atoms with Crippen molar-refractivity contribution in [1.82, 2.24) is 10.6 Å². The maximum atomic E-state index is 11.7. The molecule has 0 atom stereocenters. The first-order valence-corrected chi connectivity index (χ1v) is 9.27. The number of aliphatic imine (C=N–C) groups is 1. The minimum absolute atomic E-state index is 0.293. The first-order valence-electron chi connectivity index (χ1n) is 8.46. The molecule has 134 valence electrons. The number of aryl methyl sites for hydroxylation is 1. The van der Waals surface area contributed by atoms with E-state index in [2.05, 4.69) is 34.7 Å². The summed E-state index contributed by atoms with van der Waals surface area (Å²) in [6.45, 7) is 8.43. The Balaban J connectivity index is 1.94. The fourth-order valence-corrected chi connectivity index (χ4v) is 3.05. The van der Waals surface area contributed by atoms with Gasteiger partial charge in [0.25, 0.3) is 0 Å². The molecule has 1 heterocycles. The molecule has 0 aliphatic heterocycles. The molecule has 1 aromatic carbocycles. The lowest BCUT2D eigenvalue weighted by Crippen LogP contribution is -2.36. The van der Waals surface area contributed by atoms with Crippen LogP contribution in [0.5, 0.6) is 0 Å². The normalized spacial score (nSPS) is 11.2. The van der Waals surface area contributed by atoms with Crippen molar-refractivity contribution in [2.24, 2.45) is 4.99 Å². The second kappa shape index (κ2) is 9.84. The number of ether oxygens (including phenoxy) is 1. The summed E-state index contributed by atoms with van der Waals surface area (Å²) in [7, 11) is 0. The molecule has 0 unspecified atom stereocenters. The lowest BCUT2D eigenvalue weighted by atomic mass is 10.1. The monoisotopic (exact) mass is 359 g/mol. The quantitative estimate of drug-likeness (QED) is 0.451. The van der Waals surface area contributed by atoms with Crippen LogP contribution in [0.4, 0.5) is 0 Å². The van der Waals surface area contributed by atoms with E-state index in [9.17, 15) is 4.79 Å². The van der Waals surface area contributed by atoms with Gasteiger partial charge in [0.2, 0.25) is 0 Å². The van der Waals surface area contributed by atoms with Crippen molar-refractivity contribution < 1.29 is 9.53 Å². The fourth-order valence-electron chi connectivity index (χ4n) is 2.22. The molecule has 0 radical (unpaired) electrons. The summed E-state index contributed by atoms with van der Waals surface area (Å²) in [5, 5.41) is 6.59. The van der Waals surface area contributed by atoms with E-state index in [1.165, 1.54) is 9.75 Å². The van der Waals surface area contributed by atoms with Gasteiger partial charge >= 0.3 is 5.97 Å². The van der Waals surface area contributed by atoms with Crippen molar-refractivity contribution >= 4 is 23.3 Å². The fraction of sp³-hybridized carbons (Fsp3) is 0.368. The highest BCUT2D eigenvalue weighted by Gasteiger charge is 2.05. The largest absolute Gasteiger partial charge is 0.462 e. The van der Waals surface area contributed by atoms with Gasteiger partial charge in [-0.25, -0.2) is 9.79 Å². The van der Waals surface area contributed by atoms with Crippen molar-refractivity contribution in [3.05, 3.63) is 57.3 Å². The van der Waals surface area contributed by atoms with Gasteiger partial charge in [0.05, 0.1) is 25.3 Å². The summed E-state index contributed by atoms with van der Waals surface area (Å²) in [5.41, 5.74) is 1.60. The second-order valence-corrected chi connectivity index (χ2v) is 6.85. The highest BCUT2D eigenvalue weighted by Crippen LogP contribution is 2.14. The van der Waals surface area contributed by atoms with Crippen LogP contribution in [0.25, 0.3) is 0 Å². The molecule has 0 saturated carbocycles. The topological polar surface area (TPSA) is 62.7 Å². The van der Waals surface area contributed by atoms with Crippen LogP contribution < -0.4 is 10.6 Å². The number of benzene rings is 1. The van der Waals surface area contributed by atoms with Gasteiger partial charge in [-0.1, -0.05) is 12.1 Å². The third kappa shape index (κ3) is 6.23. The number of hydrogen-bond donors (Lipinski definition) is 2. The minimum atomic E-state index is -0.293. The third-order valence-electron chi connectivity index (χ3n) is 3.46. The first kappa shape index (κ1) is 19.0. The van der Waals surface area contributed by atoms with Crippen molar-refractivity contribution in [2.75, 3.05) is 13.2 Å². The van der Waals surface area contributed by atoms with E-state index in [-0.39, 0.29) is 5.97 Å². The molecule has 0 aliphatic carbocycles. The predicted octanol–water partition coefficient (Wildman–Crippen LogP) is 3.49. The summed E-state index contributed by atoms with van der Waals surface area (Å²) in [4.78, 5) is 18.8. The van der Waals surface area contributed by atoms with Gasteiger partial charge in [-0.3, -0.25) is 0 Å². The molecule has 0 spiro atoms. The Bertz CT molecular complexity index is 708. The lowest BCUT2D eigenvalue weighted by molar-refractivity contribution is 0.0526. The summed E-state index contributed by atoms with van der Waals surface area (Å²) in [6, 6.07) is 11.6. The van der Waals surface area contributed by atoms with E-state index in [0.717, 1.165) is 24.6 Å². The van der Waals surface area contributed by atoms with Gasteiger partial charge in [-0.2, -0.15) is 0 Å². The molecule has 2 aromatic rings. The molecule has 0 saturated heterocycles. The van der Waals surface area contributed by atoms with E-state index >= 15 is 0 Å². The Labute approximate surface area is 153 Å². The number of hydrogen-bond acceptors (Lipinski definition) is 4. The molecule has 6 heteroatoms. The molecule has 2 rings (SSSR count). The lowest BCUT2D eigenvalue weighted by Gasteiger charge is -2.10. The molecule has 0 amide bonds. The predicted molar refractivity (Wildman–Crippen MR) is 103 cm³/mol. The van der Waals surface area contributed by atoms with Crippen LogP contribution in [-0.2, 0) is 17.8 Å². The van der Waals surface area contributed by atoms with E-state index in [1.807, 2.05) is 19.1 Å². The molecule has 0 fully saturated rings. The van der Waals surface area contributed by atoms with Crippen LogP contribution >= 0.6 is 11.3 Å². The van der Waals surface area contributed by atoms with Gasteiger partial charge in [-0.05, 0) is 50.6 Å². The third-order valence-corrected chi connectivity index (χ3v) is 4.46. The molecule has 25 heavy (non-hydrogen) atoms. The maximum absolute atomic E-state index is 11.7. The molecular weight excluding hydrogens is 334 g/mol. The van der Waals surface area contributed by atoms with Crippen molar-refractivity contribution in [3.8, 4) is 0 Å². The molecule has 5 nitrogen and oxygen atoms in total. The van der Waals surface area contributed by atoms with Crippen molar-refractivity contribution in [1.29, 1.82) is 0 Å². The Hall–Kier alpha value is -2.34. The molecular formula is C19H25N3O2S. The highest BCUT2D eigenvalue weighted by atomic mass is 32.1. The van der Waals surface area contributed by atoms with Crippen LogP contribution in [0.1, 0.15) is 39.5 Å². The number of carbonyl (C=O) groups is 1. The number of esters is 1. The van der Waals surface area contributed by atoms with Crippen molar-refractivity contribution in [2.45, 2.75) is 33.9 Å². The Morgan fingerprint density at radius 1 is 1.12 bits per heavy atom. The zero-order valence-electron chi connectivity index (χ0n) is 15.0. The van der Waals surface area contributed by atoms with Crippen LogP contribution in [0.15, 0.2) is 41.4 Å². The second-order valence-electron chi connectivity index (χ2n) is 5.48. The number of guanidine groups is 1. The van der Waals surface area contributed by atoms with Crippen LogP contribution in [-0.4, -0.2) is 25.1 Å². The summed E-state index contributed by atoms with van der Waals surface area (Å²) >= 11 is 1.78. The first-order chi connectivity index (χ1) is 12.1. The summed E-state index contributed by atoms with van der Waals surface area (Å²) in [5.74, 6) is 0.488. The SMILES string of the molecule is CCNC(=NCc1ccc(C(=O)OCC)cc1)NCc1ccc(C)s1. The van der Waals surface area contributed by atoms with Crippen molar-refractivity contribution in [3.63, 3.8) is 0 Å². The molecule has 1 aromatic heterocycles. The highest BCUT2D eigenvalue weighted by molar-refractivity contribution is 7.11. The number of thiophene rings is 1. The van der Waals surface area contributed by atoms with Crippen LogP contribution in [0.2, 0.25) is 0 Å². The molecule has 2 N–H and O–H groups in total. The average Bonchev–Trinajstić information content (AvgIpc) is 3.03. The van der Waals surface area contributed by atoms with Gasteiger partial charge in [0.15, 0.2) is 5.96 Å². The van der Waals surface area contributed by atoms with E-state index in [1.54, 1.807) is 30.4 Å². The average molecular weight is 359 g/mol. The van der Waals surface area contributed by atoms with Gasteiger partial charge < -0.3 is 15.4 Å². The van der Waals surface area contributed by atoms with E-state index < -0.39 is 0 Å². The Kier molecular flexibility index (Phi) is 7.47. The number of rotatable bonds is 7. The number of nitrogens with one attached hydrogen (secondary N) is 2. The van der Waals surface area contributed by atoms with Gasteiger partial charge in [0.1, 0.15) is 0 Å². The van der Waals surface area contributed by atoms with E-state index in [4.69, 9.17) is 4.74 Å². The van der Waals surface area contributed by atoms with Crippen LogP contribution in [0, 0.1) is 6.92 Å². The molecule has 0 aliphatic rings. The van der Waals surface area contributed by atoms with Crippen LogP contribution in [0.3, 0.4) is 0 Å². The van der Waals surface area contributed by atoms with Gasteiger partial charge in [-0.15, -0.1) is 11.3 Å². The van der Waals surface area contributed by atoms with E-state index in [0.29, 0.717) is 18.7 Å². The molecule has 0 bridgehead atoms. The standard InChI is InChI=1S/C19H25N3O2S/c1-4-20-19(22-13-17-11-6-14(3)25-17)21-12-15-7-9-16(10-8-15)18(23)24-5-2/h6-11H,4-5,12-13H2,1-3H3,(H2,20,21,22). The smallest absolute Gasteiger partial charge is 0.338 e. The zero-order valence-corrected chi connectivity index (χ0v) is 15.8. The Morgan fingerprint density at radius 3 is 2.48 bits per heavy atom. The summed E-state index contributed by atoms with van der Waals surface area (Å²) < 4.78 is 4.99.